The lowest BCUT2D eigenvalue weighted by molar-refractivity contribution is -0.384. The number of hydrogen-bond acceptors (Lipinski definition) is 7. The minimum absolute atomic E-state index is 0.0195. The second kappa shape index (κ2) is 7.50. The van der Waals surface area contributed by atoms with Crippen molar-refractivity contribution in [1.82, 2.24) is 0 Å². The number of amides is 1. The van der Waals surface area contributed by atoms with Crippen LogP contribution >= 0.6 is 11.6 Å². The number of esters is 1. The van der Waals surface area contributed by atoms with Crippen LogP contribution in [0.25, 0.3) is 0 Å². The third-order valence-electron chi connectivity index (χ3n) is 3.67. The van der Waals surface area contributed by atoms with Crippen LogP contribution in [0.3, 0.4) is 0 Å². The fourth-order valence-electron chi connectivity index (χ4n) is 2.28. The summed E-state index contributed by atoms with van der Waals surface area (Å²) in [5, 5.41) is 13.4. The van der Waals surface area contributed by atoms with Gasteiger partial charge in [-0.3, -0.25) is 14.9 Å². The van der Waals surface area contributed by atoms with Gasteiger partial charge in [-0.15, -0.1) is 0 Å². The van der Waals surface area contributed by atoms with Crippen molar-refractivity contribution in [3.05, 3.63) is 57.1 Å². The van der Waals surface area contributed by atoms with E-state index in [0.29, 0.717) is 17.2 Å². The summed E-state index contributed by atoms with van der Waals surface area (Å²) in [5.41, 5.74) is -0.0852. The minimum atomic E-state index is -1.17. The number of nitrogens with one attached hydrogen (secondary N) is 1. The van der Waals surface area contributed by atoms with E-state index in [-0.39, 0.29) is 23.1 Å². The number of nitrogens with zero attached hydrogens (tertiary/aromatic N) is 1. The Morgan fingerprint density at radius 1 is 1.22 bits per heavy atom. The summed E-state index contributed by atoms with van der Waals surface area (Å²) in [4.78, 5) is 34.6. The van der Waals surface area contributed by atoms with Crippen molar-refractivity contribution in [1.29, 1.82) is 0 Å². The van der Waals surface area contributed by atoms with Gasteiger partial charge in [0.1, 0.15) is 0 Å². The van der Waals surface area contributed by atoms with Crippen LogP contribution in [0, 0.1) is 10.1 Å². The molecule has 1 aliphatic rings. The summed E-state index contributed by atoms with van der Waals surface area (Å²) in [6, 6.07) is 8.19. The molecule has 3 rings (SSSR count). The Balaban J connectivity index is 1.66. The Morgan fingerprint density at radius 2 is 1.96 bits per heavy atom. The second-order valence-electron chi connectivity index (χ2n) is 5.53. The van der Waals surface area contributed by atoms with Gasteiger partial charge >= 0.3 is 5.97 Å². The molecular weight excluding hydrogens is 380 g/mol. The largest absolute Gasteiger partial charge is 0.454 e. The summed E-state index contributed by atoms with van der Waals surface area (Å²) < 4.78 is 15.5. The van der Waals surface area contributed by atoms with Gasteiger partial charge in [-0.25, -0.2) is 4.79 Å². The van der Waals surface area contributed by atoms with E-state index in [1.54, 1.807) is 18.2 Å². The number of non-ortho nitro benzene ring substituents is 1. The lowest BCUT2D eigenvalue weighted by Crippen LogP contribution is -2.30. The molecular formula is C17H13ClN2O7. The predicted molar refractivity (Wildman–Crippen MR) is 94.2 cm³/mol. The molecule has 0 fully saturated rings. The van der Waals surface area contributed by atoms with Gasteiger partial charge in [-0.2, -0.15) is 0 Å². The molecule has 0 saturated carbocycles. The van der Waals surface area contributed by atoms with Gasteiger partial charge in [0.2, 0.25) is 6.79 Å². The smallest absolute Gasteiger partial charge is 0.340 e. The third kappa shape index (κ3) is 4.09. The summed E-state index contributed by atoms with van der Waals surface area (Å²) in [5.74, 6) is -0.491. The number of ether oxygens (including phenoxy) is 3. The monoisotopic (exact) mass is 392 g/mol. The topological polar surface area (TPSA) is 117 Å². The van der Waals surface area contributed by atoms with Crippen LogP contribution in [0.4, 0.5) is 11.4 Å². The normalized spacial score (nSPS) is 13.0. The van der Waals surface area contributed by atoms with E-state index >= 15 is 0 Å². The maximum Gasteiger partial charge on any atom is 0.340 e. The fourth-order valence-corrected chi connectivity index (χ4v) is 2.47. The maximum absolute atomic E-state index is 12.2. The summed E-state index contributed by atoms with van der Waals surface area (Å²) in [7, 11) is 0. The lowest BCUT2D eigenvalue weighted by Gasteiger charge is -2.14. The molecule has 0 spiro atoms. The summed E-state index contributed by atoms with van der Waals surface area (Å²) >= 11 is 5.89. The first-order valence-electron chi connectivity index (χ1n) is 7.70. The zero-order chi connectivity index (χ0) is 19.6. The number of rotatable bonds is 5. The number of benzene rings is 2. The molecule has 0 radical (unpaired) electrons. The number of halogens is 1. The van der Waals surface area contributed by atoms with Crippen LogP contribution in [0.5, 0.6) is 11.5 Å². The first kappa shape index (κ1) is 18.5. The Kier molecular flexibility index (Phi) is 5.13. The average Bonchev–Trinajstić information content (AvgIpc) is 3.09. The number of carbonyl (C=O) groups is 2. The molecule has 1 amide bonds. The molecule has 9 nitrogen and oxygen atoms in total. The first-order chi connectivity index (χ1) is 12.8. The van der Waals surface area contributed by atoms with E-state index in [1.807, 2.05) is 0 Å². The second-order valence-corrected chi connectivity index (χ2v) is 5.93. The Bertz CT molecular complexity index is 931. The molecule has 10 heteroatoms. The van der Waals surface area contributed by atoms with Crippen LogP contribution in [0.1, 0.15) is 17.3 Å². The zero-order valence-corrected chi connectivity index (χ0v) is 14.7. The molecule has 1 heterocycles. The number of fused-ring (bicyclic) bond motifs is 1. The lowest BCUT2D eigenvalue weighted by atomic mass is 10.2. The van der Waals surface area contributed by atoms with Crippen molar-refractivity contribution in [2.24, 2.45) is 0 Å². The van der Waals surface area contributed by atoms with Crippen molar-refractivity contribution in [2.45, 2.75) is 13.0 Å². The number of hydrogen-bond donors (Lipinski definition) is 1. The predicted octanol–water partition coefficient (Wildman–Crippen LogP) is 3.16. The highest BCUT2D eigenvalue weighted by atomic mass is 35.5. The van der Waals surface area contributed by atoms with E-state index in [0.717, 1.165) is 12.1 Å². The van der Waals surface area contributed by atoms with Gasteiger partial charge < -0.3 is 19.5 Å². The van der Waals surface area contributed by atoms with Gasteiger partial charge in [0.05, 0.1) is 15.5 Å². The Morgan fingerprint density at radius 3 is 2.70 bits per heavy atom. The fraction of sp³-hybridized carbons (Fsp3) is 0.176. The van der Waals surface area contributed by atoms with E-state index in [1.165, 1.54) is 13.0 Å². The van der Waals surface area contributed by atoms with Gasteiger partial charge in [-0.1, -0.05) is 11.6 Å². The molecule has 1 unspecified atom stereocenters. The molecule has 1 aliphatic heterocycles. The number of carbonyl (C=O) groups excluding carboxylic acids is 2. The molecule has 0 saturated heterocycles. The van der Waals surface area contributed by atoms with E-state index < -0.39 is 22.9 Å². The Hall–Kier alpha value is -3.33. The highest BCUT2D eigenvalue weighted by Gasteiger charge is 2.23. The quantitative estimate of drug-likeness (QED) is 0.471. The molecule has 2 aromatic rings. The van der Waals surface area contributed by atoms with Crippen molar-refractivity contribution in [3.8, 4) is 11.5 Å². The maximum atomic E-state index is 12.2. The van der Waals surface area contributed by atoms with Crippen molar-refractivity contribution in [2.75, 3.05) is 12.1 Å². The molecule has 1 N–H and O–H groups in total. The van der Waals surface area contributed by atoms with E-state index in [4.69, 9.17) is 25.8 Å². The SMILES string of the molecule is CC(OC(=O)c1cc([N+](=O)[O-])ccc1Cl)C(=O)Nc1ccc2c(c1)OCO2. The average molecular weight is 393 g/mol. The Labute approximate surface area is 157 Å². The molecule has 0 aromatic heterocycles. The van der Waals surface area contributed by atoms with Gasteiger partial charge in [0, 0.05) is 23.9 Å². The van der Waals surface area contributed by atoms with Gasteiger partial charge in [0.15, 0.2) is 17.6 Å². The first-order valence-corrected chi connectivity index (χ1v) is 8.08. The third-order valence-corrected chi connectivity index (χ3v) is 4.00. The van der Waals surface area contributed by atoms with Crippen LogP contribution in [-0.4, -0.2) is 29.7 Å². The van der Waals surface area contributed by atoms with Crippen molar-refractivity contribution < 1.29 is 28.7 Å². The number of nitro benzene ring substituents is 1. The number of anilines is 1. The molecule has 0 bridgehead atoms. The molecule has 1 atom stereocenters. The molecule has 0 aliphatic carbocycles. The van der Waals surface area contributed by atoms with Crippen LogP contribution in [0.15, 0.2) is 36.4 Å². The molecule has 27 heavy (non-hydrogen) atoms. The van der Waals surface area contributed by atoms with E-state index in [2.05, 4.69) is 5.32 Å². The van der Waals surface area contributed by atoms with Crippen molar-refractivity contribution in [3.63, 3.8) is 0 Å². The summed E-state index contributed by atoms with van der Waals surface area (Å²) in [6.07, 6.45) is -1.17. The molecule has 2 aromatic carbocycles. The van der Waals surface area contributed by atoms with Crippen molar-refractivity contribution >= 4 is 34.9 Å². The number of nitro groups is 1. The van der Waals surface area contributed by atoms with Crippen LogP contribution in [0.2, 0.25) is 5.02 Å². The van der Waals surface area contributed by atoms with Gasteiger partial charge in [0.25, 0.3) is 11.6 Å². The standard InChI is InChI=1S/C17H13ClN2O7/c1-9(16(21)19-10-2-5-14-15(6-10)26-8-25-14)27-17(22)12-7-11(20(23)24)3-4-13(12)18/h2-7,9H,8H2,1H3,(H,19,21). The summed E-state index contributed by atoms with van der Waals surface area (Å²) in [6.45, 7) is 1.47. The van der Waals surface area contributed by atoms with Crippen LogP contribution in [-0.2, 0) is 9.53 Å². The zero-order valence-electron chi connectivity index (χ0n) is 13.9. The molecule has 140 valence electrons. The van der Waals surface area contributed by atoms with Gasteiger partial charge in [-0.05, 0) is 25.1 Å². The highest BCUT2D eigenvalue weighted by molar-refractivity contribution is 6.33. The van der Waals surface area contributed by atoms with E-state index in [9.17, 15) is 19.7 Å². The minimum Gasteiger partial charge on any atom is -0.454 e. The highest BCUT2D eigenvalue weighted by Crippen LogP contribution is 2.34. The van der Waals surface area contributed by atoms with Crippen LogP contribution < -0.4 is 14.8 Å².